The number of hydrogen-bond donors (Lipinski definition) is 2. The van der Waals surface area contributed by atoms with Gasteiger partial charge in [0, 0.05) is 28.1 Å². The summed E-state index contributed by atoms with van der Waals surface area (Å²) in [5, 5.41) is 4.88. The number of nitrogens with one attached hydrogen (secondary N) is 1. The zero-order chi connectivity index (χ0) is 14.9. The van der Waals surface area contributed by atoms with Gasteiger partial charge in [-0.2, -0.15) is 0 Å². The molecule has 1 aromatic carbocycles. The molecule has 1 fully saturated rings. The molecule has 2 atom stereocenters. The largest absolute Gasteiger partial charge is 0.377 e. The Kier molecular flexibility index (Phi) is 4.18. The molecule has 1 heterocycles. The van der Waals surface area contributed by atoms with Crippen LogP contribution in [0, 0.1) is 5.92 Å². The van der Waals surface area contributed by atoms with E-state index in [1.54, 1.807) is 0 Å². The van der Waals surface area contributed by atoms with Gasteiger partial charge >= 0.3 is 0 Å². The maximum Gasteiger partial charge on any atom is 0.0934 e. The lowest BCUT2D eigenvalue weighted by Gasteiger charge is -2.41. The van der Waals surface area contributed by atoms with Crippen molar-refractivity contribution in [3.05, 3.63) is 34.9 Å². The van der Waals surface area contributed by atoms with Crippen LogP contribution in [-0.4, -0.2) is 17.1 Å². The normalized spacial score (nSPS) is 26.0. The molecule has 0 amide bonds. The van der Waals surface area contributed by atoms with Crippen molar-refractivity contribution in [1.29, 1.82) is 0 Å². The fourth-order valence-corrected chi connectivity index (χ4v) is 3.88. The first-order valence-corrected chi connectivity index (χ1v) is 8.44. The summed E-state index contributed by atoms with van der Waals surface area (Å²) in [6.45, 7) is 2.99. The lowest BCUT2D eigenvalue weighted by Crippen LogP contribution is -2.48. The van der Waals surface area contributed by atoms with Gasteiger partial charge in [0.05, 0.1) is 11.2 Å². The summed E-state index contributed by atoms with van der Waals surface area (Å²) >= 11 is 3.48. The Balaban J connectivity index is 1.96. The molecule has 0 bridgehead atoms. The molecule has 4 heteroatoms. The first kappa shape index (κ1) is 14.8. The quantitative estimate of drug-likeness (QED) is 0.869. The van der Waals surface area contributed by atoms with Gasteiger partial charge in [0.2, 0.25) is 0 Å². The van der Waals surface area contributed by atoms with Crippen molar-refractivity contribution in [2.24, 2.45) is 11.7 Å². The van der Waals surface area contributed by atoms with E-state index in [1.165, 1.54) is 12.8 Å². The average Bonchev–Trinajstić information content (AvgIpc) is 2.47. The molecule has 0 aliphatic heterocycles. The molecule has 3 rings (SSSR count). The number of para-hydroxylation sites is 1. The molecule has 0 spiro atoms. The van der Waals surface area contributed by atoms with Crippen LogP contribution in [0.5, 0.6) is 0 Å². The summed E-state index contributed by atoms with van der Waals surface area (Å²) in [6, 6.07) is 8.39. The number of pyridine rings is 1. The summed E-state index contributed by atoms with van der Waals surface area (Å²) in [6.07, 6.45) is 6.68. The van der Waals surface area contributed by atoms with E-state index in [0.717, 1.165) is 39.8 Å². The summed E-state index contributed by atoms with van der Waals surface area (Å²) < 4.78 is 1.01. The Morgan fingerprint density at radius 1 is 1.48 bits per heavy atom. The van der Waals surface area contributed by atoms with Gasteiger partial charge in [-0.1, -0.05) is 31.9 Å². The second kappa shape index (κ2) is 5.93. The molecule has 1 aromatic heterocycles. The van der Waals surface area contributed by atoms with Crippen molar-refractivity contribution >= 4 is 32.5 Å². The third-order valence-electron chi connectivity index (χ3n) is 4.56. The minimum Gasteiger partial charge on any atom is -0.377 e. The number of fused-ring (bicyclic) bond motifs is 1. The van der Waals surface area contributed by atoms with Crippen molar-refractivity contribution in [2.45, 2.75) is 38.1 Å². The highest BCUT2D eigenvalue weighted by Crippen LogP contribution is 2.36. The molecule has 1 saturated carbocycles. The van der Waals surface area contributed by atoms with Crippen LogP contribution in [0.15, 0.2) is 34.9 Å². The van der Waals surface area contributed by atoms with Crippen LogP contribution in [0.1, 0.15) is 32.6 Å². The second-order valence-electron chi connectivity index (χ2n) is 6.34. The molecule has 3 nitrogen and oxygen atoms in total. The van der Waals surface area contributed by atoms with E-state index in [2.05, 4.69) is 57.4 Å². The predicted molar refractivity (Wildman–Crippen MR) is 92.5 cm³/mol. The van der Waals surface area contributed by atoms with Crippen molar-refractivity contribution < 1.29 is 0 Å². The van der Waals surface area contributed by atoms with Crippen LogP contribution in [-0.2, 0) is 0 Å². The van der Waals surface area contributed by atoms with Gasteiger partial charge in [0.25, 0.3) is 0 Å². The summed E-state index contributed by atoms with van der Waals surface area (Å²) in [7, 11) is 0. The summed E-state index contributed by atoms with van der Waals surface area (Å²) in [5.41, 5.74) is 8.26. The minimum atomic E-state index is 0.0146. The molecule has 1 aliphatic rings. The lowest BCUT2D eigenvalue weighted by atomic mass is 9.76. The monoisotopic (exact) mass is 347 g/mol. The zero-order valence-corrected chi connectivity index (χ0v) is 14.0. The van der Waals surface area contributed by atoms with Crippen molar-refractivity contribution in [3.8, 4) is 0 Å². The molecular weight excluding hydrogens is 326 g/mol. The summed E-state index contributed by atoms with van der Waals surface area (Å²) in [5.74, 6) is 0.729. The Hall–Kier alpha value is -1.13. The fraction of sp³-hybridized carbons (Fsp3) is 0.471. The van der Waals surface area contributed by atoms with Gasteiger partial charge in [0.15, 0.2) is 0 Å². The fourth-order valence-electron chi connectivity index (χ4n) is 3.53. The van der Waals surface area contributed by atoms with Crippen LogP contribution in [0.3, 0.4) is 0 Å². The Morgan fingerprint density at radius 3 is 3.10 bits per heavy atom. The van der Waals surface area contributed by atoms with Crippen molar-refractivity contribution in [2.75, 3.05) is 11.9 Å². The van der Waals surface area contributed by atoms with Crippen LogP contribution >= 0.6 is 15.9 Å². The van der Waals surface area contributed by atoms with Crippen LogP contribution in [0.25, 0.3) is 10.9 Å². The molecule has 2 unspecified atom stereocenters. The van der Waals surface area contributed by atoms with Gasteiger partial charge in [-0.25, -0.2) is 0 Å². The summed E-state index contributed by atoms with van der Waals surface area (Å²) in [4.78, 5) is 4.58. The highest BCUT2D eigenvalue weighted by atomic mass is 79.9. The predicted octanol–water partition coefficient (Wildman–Crippen LogP) is 4.32. The zero-order valence-electron chi connectivity index (χ0n) is 12.4. The first-order chi connectivity index (χ1) is 10.1. The SMILES string of the molecule is CC1CCCC(CN)(Nc2cccc3cc(Br)cnc23)C1. The van der Waals surface area contributed by atoms with Gasteiger partial charge in [-0.15, -0.1) is 0 Å². The van der Waals surface area contributed by atoms with Gasteiger partial charge in [-0.3, -0.25) is 4.98 Å². The maximum absolute atomic E-state index is 6.13. The first-order valence-electron chi connectivity index (χ1n) is 7.64. The van der Waals surface area contributed by atoms with E-state index in [1.807, 2.05) is 6.20 Å². The van der Waals surface area contributed by atoms with Crippen molar-refractivity contribution in [3.63, 3.8) is 0 Å². The van der Waals surface area contributed by atoms with E-state index in [-0.39, 0.29) is 5.54 Å². The number of benzene rings is 1. The van der Waals surface area contributed by atoms with E-state index >= 15 is 0 Å². The van der Waals surface area contributed by atoms with E-state index in [4.69, 9.17) is 5.73 Å². The standard InChI is InChI=1S/C17H22BrN3/c1-12-4-3-7-17(9-12,11-19)21-15-6-2-5-13-8-14(18)10-20-16(13)15/h2,5-6,8,10,12,21H,3-4,7,9,11,19H2,1H3. The van der Waals surface area contributed by atoms with Crippen LogP contribution in [0.2, 0.25) is 0 Å². The smallest absolute Gasteiger partial charge is 0.0934 e. The third kappa shape index (κ3) is 3.06. The van der Waals surface area contributed by atoms with Gasteiger partial charge in [0.1, 0.15) is 0 Å². The number of rotatable bonds is 3. The minimum absolute atomic E-state index is 0.0146. The van der Waals surface area contributed by atoms with Gasteiger partial charge < -0.3 is 11.1 Å². The Morgan fingerprint density at radius 2 is 2.33 bits per heavy atom. The van der Waals surface area contributed by atoms with E-state index in [0.29, 0.717) is 6.54 Å². The number of aromatic nitrogens is 1. The molecule has 2 aromatic rings. The lowest BCUT2D eigenvalue weighted by molar-refractivity contribution is 0.264. The number of nitrogens with two attached hydrogens (primary N) is 1. The average molecular weight is 348 g/mol. The maximum atomic E-state index is 6.13. The van der Waals surface area contributed by atoms with Crippen LogP contribution < -0.4 is 11.1 Å². The number of anilines is 1. The Bertz CT molecular complexity index is 643. The van der Waals surface area contributed by atoms with Crippen molar-refractivity contribution in [1.82, 2.24) is 4.98 Å². The van der Waals surface area contributed by atoms with Gasteiger partial charge in [-0.05, 0) is 46.8 Å². The highest BCUT2D eigenvalue weighted by molar-refractivity contribution is 9.10. The highest BCUT2D eigenvalue weighted by Gasteiger charge is 2.33. The second-order valence-corrected chi connectivity index (χ2v) is 7.26. The Labute approximate surface area is 134 Å². The molecule has 0 radical (unpaired) electrons. The van der Waals surface area contributed by atoms with E-state index < -0.39 is 0 Å². The number of nitrogens with zero attached hydrogens (tertiary/aromatic N) is 1. The number of halogens is 1. The molecule has 3 N–H and O–H groups in total. The molecular formula is C17H22BrN3. The molecule has 0 saturated heterocycles. The third-order valence-corrected chi connectivity index (χ3v) is 4.99. The van der Waals surface area contributed by atoms with Crippen LogP contribution in [0.4, 0.5) is 5.69 Å². The molecule has 1 aliphatic carbocycles. The van der Waals surface area contributed by atoms with E-state index in [9.17, 15) is 0 Å². The number of hydrogen-bond acceptors (Lipinski definition) is 3. The molecule has 112 valence electrons. The topological polar surface area (TPSA) is 50.9 Å². The molecule has 21 heavy (non-hydrogen) atoms.